The van der Waals surface area contributed by atoms with Gasteiger partial charge in [0.05, 0.1) is 4.90 Å². The summed E-state index contributed by atoms with van der Waals surface area (Å²) >= 11 is 0. The molecular formula is C22H22N2O6S. The molecule has 0 radical (unpaired) electrons. The normalized spacial score (nSPS) is 17.0. The summed E-state index contributed by atoms with van der Waals surface area (Å²) in [4.78, 5) is 15.9. The number of carboxylic acids is 1. The summed E-state index contributed by atoms with van der Waals surface area (Å²) in [6.45, 7) is 2.18. The first-order valence-electron chi connectivity index (χ1n) is 9.85. The van der Waals surface area contributed by atoms with E-state index >= 15 is 0 Å². The number of hydrogen-bond donors (Lipinski definition) is 1. The predicted octanol–water partition coefficient (Wildman–Crippen LogP) is 3.47. The van der Waals surface area contributed by atoms with Crippen molar-refractivity contribution in [1.29, 1.82) is 0 Å². The van der Waals surface area contributed by atoms with Gasteiger partial charge in [0, 0.05) is 12.1 Å². The highest BCUT2D eigenvalue weighted by Gasteiger charge is 2.39. The van der Waals surface area contributed by atoms with E-state index in [1.165, 1.54) is 12.1 Å². The minimum atomic E-state index is -3.88. The van der Waals surface area contributed by atoms with Gasteiger partial charge in [0.15, 0.2) is 0 Å². The quantitative estimate of drug-likeness (QED) is 0.597. The minimum Gasteiger partial charge on any atom is -0.487 e. The van der Waals surface area contributed by atoms with Crippen molar-refractivity contribution in [1.82, 2.24) is 9.29 Å². The Morgan fingerprint density at radius 3 is 2.58 bits per heavy atom. The second-order valence-corrected chi connectivity index (χ2v) is 9.15. The van der Waals surface area contributed by atoms with Crippen molar-refractivity contribution in [3.8, 4) is 17.2 Å². The molecule has 162 valence electrons. The molecule has 4 rings (SSSR count). The van der Waals surface area contributed by atoms with E-state index in [0.29, 0.717) is 35.9 Å². The van der Waals surface area contributed by atoms with Gasteiger partial charge in [-0.15, -0.1) is 0 Å². The van der Waals surface area contributed by atoms with Crippen LogP contribution in [0.15, 0.2) is 63.9 Å². The number of benzene rings is 2. The summed E-state index contributed by atoms with van der Waals surface area (Å²) in [5.74, 6) is 0.501. The average molecular weight is 442 g/mol. The Balaban J connectivity index is 1.45. The zero-order valence-electron chi connectivity index (χ0n) is 16.9. The number of oxazole rings is 1. The van der Waals surface area contributed by atoms with E-state index in [2.05, 4.69) is 4.98 Å². The maximum Gasteiger partial charge on any atom is 0.322 e. The van der Waals surface area contributed by atoms with E-state index in [1.807, 2.05) is 37.3 Å². The molecule has 0 bridgehead atoms. The molecule has 0 amide bonds. The second kappa shape index (κ2) is 8.52. The molecule has 1 aliphatic heterocycles. The van der Waals surface area contributed by atoms with Gasteiger partial charge in [-0.25, -0.2) is 13.4 Å². The van der Waals surface area contributed by atoms with Gasteiger partial charge in [0.2, 0.25) is 15.9 Å². The monoisotopic (exact) mass is 442 g/mol. The van der Waals surface area contributed by atoms with E-state index in [-0.39, 0.29) is 18.0 Å². The lowest BCUT2D eigenvalue weighted by Gasteiger charge is -2.21. The van der Waals surface area contributed by atoms with Crippen LogP contribution < -0.4 is 4.74 Å². The van der Waals surface area contributed by atoms with Gasteiger partial charge in [0.1, 0.15) is 29.9 Å². The van der Waals surface area contributed by atoms with Crippen LogP contribution in [0, 0.1) is 6.92 Å². The number of aryl methyl sites for hydroxylation is 1. The van der Waals surface area contributed by atoms with Crippen LogP contribution in [0.1, 0.15) is 24.3 Å². The molecule has 31 heavy (non-hydrogen) atoms. The van der Waals surface area contributed by atoms with Crippen molar-refractivity contribution in [2.75, 3.05) is 6.54 Å². The number of nitrogens with zero attached hydrogens (tertiary/aromatic N) is 2. The fourth-order valence-corrected chi connectivity index (χ4v) is 5.19. The highest BCUT2D eigenvalue weighted by Crippen LogP contribution is 2.28. The smallest absolute Gasteiger partial charge is 0.322 e. The molecular weight excluding hydrogens is 420 g/mol. The van der Waals surface area contributed by atoms with Crippen LogP contribution in [0.25, 0.3) is 11.5 Å². The minimum absolute atomic E-state index is 0.0389. The first-order chi connectivity index (χ1) is 14.9. The van der Waals surface area contributed by atoms with Crippen molar-refractivity contribution < 1.29 is 27.5 Å². The predicted molar refractivity (Wildman–Crippen MR) is 112 cm³/mol. The molecule has 3 aromatic rings. The zero-order chi connectivity index (χ0) is 22.0. The van der Waals surface area contributed by atoms with Crippen LogP contribution >= 0.6 is 0 Å². The van der Waals surface area contributed by atoms with Crippen LogP contribution in [-0.4, -0.2) is 41.4 Å². The molecule has 2 heterocycles. The molecule has 1 N–H and O–H groups in total. The van der Waals surface area contributed by atoms with E-state index in [1.54, 1.807) is 12.1 Å². The van der Waals surface area contributed by atoms with Gasteiger partial charge >= 0.3 is 5.97 Å². The molecule has 0 spiro atoms. The Hall–Kier alpha value is -3.17. The van der Waals surface area contributed by atoms with Crippen LogP contribution in [0.2, 0.25) is 0 Å². The van der Waals surface area contributed by atoms with Crippen molar-refractivity contribution in [3.63, 3.8) is 0 Å². The Labute approximate surface area is 180 Å². The van der Waals surface area contributed by atoms with Crippen LogP contribution in [-0.2, 0) is 21.4 Å². The standard InChI is InChI=1S/C22H22N2O6S/c1-15-19(23-21(30-15)16-6-3-2-4-7-16)14-29-17-9-11-18(12-10-17)31(27,28)24-13-5-8-20(24)22(25)26/h2-4,6-7,9-12,20H,5,8,13-14H2,1H3,(H,25,26)/t20-/m1/s1. The molecule has 1 saturated heterocycles. The summed E-state index contributed by atoms with van der Waals surface area (Å²) in [7, 11) is -3.88. The van der Waals surface area contributed by atoms with Gasteiger partial charge < -0.3 is 14.3 Å². The Morgan fingerprint density at radius 2 is 1.90 bits per heavy atom. The number of aromatic nitrogens is 1. The van der Waals surface area contributed by atoms with Gasteiger partial charge in [-0.2, -0.15) is 4.31 Å². The van der Waals surface area contributed by atoms with E-state index in [0.717, 1.165) is 9.87 Å². The van der Waals surface area contributed by atoms with Gasteiger partial charge in [0.25, 0.3) is 0 Å². The number of carbonyl (C=O) groups is 1. The summed E-state index contributed by atoms with van der Waals surface area (Å²) in [6, 6.07) is 14.5. The van der Waals surface area contributed by atoms with E-state index < -0.39 is 22.0 Å². The van der Waals surface area contributed by atoms with Crippen molar-refractivity contribution in [2.24, 2.45) is 0 Å². The van der Waals surface area contributed by atoms with Gasteiger partial charge in [-0.05, 0) is 56.2 Å². The lowest BCUT2D eigenvalue weighted by Crippen LogP contribution is -2.40. The third kappa shape index (κ3) is 4.33. The average Bonchev–Trinajstić information content (AvgIpc) is 3.41. The van der Waals surface area contributed by atoms with Gasteiger partial charge in [-0.1, -0.05) is 18.2 Å². The Bertz CT molecular complexity index is 1170. The summed E-state index contributed by atoms with van der Waals surface area (Å²) in [5.41, 5.74) is 1.52. The molecule has 1 aliphatic rings. The van der Waals surface area contributed by atoms with Crippen molar-refractivity contribution >= 4 is 16.0 Å². The summed E-state index contributed by atoms with van der Waals surface area (Å²) in [6.07, 6.45) is 0.844. The SMILES string of the molecule is Cc1oc(-c2ccccc2)nc1COc1ccc(S(=O)(=O)N2CCC[C@@H]2C(=O)O)cc1. The number of rotatable bonds is 7. The fraction of sp³-hybridized carbons (Fsp3) is 0.273. The van der Waals surface area contributed by atoms with E-state index in [9.17, 15) is 18.3 Å². The number of ether oxygens (including phenoxy) is 1. The highest BCUT2D eigenvalue weighted by molar-refractivity contribution is 7.89. The third-order valence-electron chi connectivity index (χ3n) is 5.21. The maximum absolute atomic E-state index is 12.8. The number of hydrogen-bond acceptors (Lipinski definition) is 6. The Kier molecular flexibility index (Phi) is 5.79. The lowest BCUT2D eigenvalue weighted by molar-refractivity contribution is -0.140. The topological polar surface area (TPSA) is 110 Å². The molecule has 1 aromatic heterocycles. The summed E-state index contributed by atoms with van der Waals surface area (Å²) in [5, 5.41) is 9.27. The first-order valence-corrected chi connectivity index (χ1v) is 11.3. The molecule has 0 saturated carbocycles. The van der Waals surface area contributed by atoms with E-state index in [4.69, 9.17) is 9.15 Å². The third-order valence-corrected chi connectivity index (χ3v) is 7.13. The second-order valence-electron chi connectivity index (χ2n) is 7.26. The molecule has 8 nitrogen and oxygen atoms in total. The van der Waals surface area contributed by atoms with Crippen LogP contribution in [0.3, 0.4) is 0 Å². The Morgan fingerprint density at radius 1 is 1.19 bits per heavy atom. The zero-order valence-corrected chi connectivity index (χ0v) is 17.7. The molecule has 9 heteroatoms. The van der Waals surface area contributed by atoms with Crippen LogP contribution in [0.4, 0.5) is 0 Å². The van der Waals surface area contributed by atoms with Crippen molar-refractivity contribution in [2.45, 2.75) is 37.3 Å². The molecule has 1 atom stereocenters. The highest BCUT2D eigenvalue weighted by atomic mass is 32.2. The first kappa shape index (κ1) is 21.1. The number of aliphatic carboxylic acids is 1. The number of carboxylic acid groups (broad SMARTS) is 1. The summed E-state index contributed by atoms with van der Waals surface area (Å²) < 4.78 is 38.2. The van der Waals surface area contributed by atoms with Crippen molar-refractivity contribution in [3.05, 3.63) is 66.1 Å². The number of sulfonamides is 1. The maximum atomic E-state index is 12.8. The lowest BCUT2D eigenvalue weighted by atomic mass is 10.2. The molecule has 2 aromatic carbocycles. The fourth-order valence-electron chi connectivity index (χ4n) is 3.54. The molecule has 1 fully saturated rings. The van der Waals surface area contributed by atoms with Gasteiger partial charge in [-0.3, -0.25) is 4.79 Å². The largest absolute Gasteiger partial charge is 0.487 e. The van der Waals surface area contributed by atoms with Crippen LogP contribution in [0.5, 0.6) is 5.75 Å². The molecule has 0 unspecified atom stereocenters. The molecule has 0 aliphatic carbocycles.